The van der Waals surface area contributed by atoms with Crippen LogP contribution in [0.25, 0.3) is 11.0 Å². The van der Waals surface area contributed by atoms with Gasteiger partial charge in [-0.3, -0.25) is 19.7 Å². The number of aryl methyl sites for hydroxylation is 1. The monoisotopic (exact) mass is 495 g/mol. The summed E-state index contributed by atoms with van der Waals surface area (Å²) >= 11 is 1.37. The summed E-state index contributed by atoms with van der Waals surface area (Å²) in [5, 5.41) is 7.43. The van der Waals surface area contributed by atoms with Crippen molar-refractivity contribution in [3.05, 3.63) is 46.2 Å². The molecule has 1 aliphatic rings. The Hall–Kier alpha value is -3.20. The highest BCUT2D eigenvalue weighted by Crippen LogP contribution is 2.26. The van der Waals surface area contributed by atoms with E-state index in [9.17, 15) is 14.4 Å². The number of amides is 3. The minimum atomic E-state index is -0.213. The highest BCUT2D eigenvalue weighted by Gasteiger charge is 2.24. The fourth-order valence-electron chi connectivity index (χ4n) is 4.67. The van der Waals surface area contributed by atoms with Crippen LogP contribution in [-0.2, 0) is 11.3 Å². The number of rotatable bonds is 9. The second-order valence-corrected chi connectivity index (χ2v) is 10.0. The minimum absolute atomic E-state index is 0.00287. The van der Waals surface area contributed by atoms with Crippen LogP contribution < -0.4 is 10.6 Å². The summed E-state index contributed by atoms with van der Waals surface area (Å²) in [6.45, 7) is 0.600. The molecule has 2 heterocycles. The third-order valence-electron chi connectivity index (χ3n) is 6.72. The number of imidazole rings is 1. The van der Waals surface area contributed by atoms with Crippen molar-refractivity contribution in [1.29, 1.82) is 0 Å². The molecular weight excluding hydrogens is 462 g/mol. The number of benzene rings is 1. The predicted molar refractivity (Wildman–Crippen MR) is 139 cm³/mol. The lowest BCUT2D eigenvalue weighted by Crippen LogP contribution is -2.38. The summed E-state index contributed by atoms with van der Waals surface area (Å²) in [6, 6.07) is 9.46. The molecule has 1 saturated carbocycles. The number of carbonyl (C=O) groups is 3. The molecule has 1 aliphatic carbocycles. The fourth-order valence-corrected chi connectivity index (χ4v) is 5.29. The Labute approximate surface area is 209 Å². The van der Waals surface area contributed by atoms with Crippen LogP contribution in [0.4, 0.5) is 5.95 Å². The summed E-state index contributed by atoms with van der Waals surface area (Å²) < 4.78 is 1.96. The van der Waals surface area contributed by atoms with Crippen LogP contribution in [0.2, 0.25) is 0 Å². The Bertz CT molecular complexity index is 1180. The standard InChI is InChI=1S/C26H33N5O3S/c1-27-23(32)12-6-7-15-31-21-14-13-18(25(34)30(2)19-9-4-3-5-10-19)17-20(21)28-26(31)29-24(33)22-11-8-16-35-22/h8,11,13-14,16-17,19H,3-7,9-10,12,15H2,1-2H3,(H,27,32)(H,28,29,33). The van der Waals surface area contributed by atoms with Gasteiger partial charge in [-0.1, -0.05) is 25.3 Å². The average molecular weight is 496 g/mol. The highest BCUT2D eigenvalue weighted by atomic mass is 32.1. The third-order valence-corrected chi connectivity index (χ3v) is 7.59. The number of thiophene rings is 1. The first-order valence-electron chi connectivity index (χ1n) is 12.3. The second kappa shape index (κ2) is 11.5. The van der Waals surface area contributed by atoms with E-state index < -0.39 is 0 Å². The molecule has 0 saturated heterocycles. The van der Waals surface area contributed by atoms with Crippen LogP contribution in [0.1, 0.15) is 71.4 Å². The zero-order valence-corrected chi connectivity index (χ0v) is 21.2. The summed E-state index contributed by atoms with van der Waals surface area (Å²) in [6.07, 6.45) is 7.60. The van der Waals surface area contributed by atoms with E-state index in [2.05, 4.69) is 10.6 Å². The first kappa shape index (κ1) is 24.9. The number of nitrogens with one attached hydrogen (secondary N) is 2. The molecule has 1 aromatic carbocycles. The Morgan fingerprint density at radius 2 is 1.94 bits per heavy atom. The number of fused-ring (bicyclic) bond motifs is 1. The molecular formula is C26H33N5O3S. The van der Waals surface area contributed by atoms with Gasteiger partial charge in [0, 0.05) is 38.7 Å². The maximum atomic E-state index is 13.2. The van der Waals surface area contributed by atoms with Crippen molar-refractivity contribution >= 4 is 46.0 Å². The topological polar surface area (TPSA) is 96.3 Å². The Morgan fingerprint density at radius 1 is 1.14 bits per heavy atom. The molecule has 35 heavy (non-hydrogen) atoms. The van der Waals surface area contributed by atoms with Gasteiger partial charge in [0.2, 0.25) is 11.9 Å². The van der Waals surface area contributed by atoms with Crippen molar-refractivity contribution in [2.45, 2.75) is 64.0 Å². The van der Waals surface area contributed by atoms with Crippen LogP contribution in [0.3, 0.4) is 0 Å². The van der Waals surface area contributed by atoms with Crippen LogP contribution in [0.5, 0.6) is 0 Å². The van der Waals surface area contributed by atoms with Crippen molar-refractivity contribution in [3.8, 4) is 0 Å². The van der Waals surface area contributed by atoms with Gasteiger partial charge in [0.1, 0.15) is 0 Å². The first-order chi connectivity index (χ1) is 17.0. The smallest absolute Gasteiger partial charge is 0.268 e. The molecule has 8 nitrogen and oxygen atoms in total. The van der Waals surface area contributed by atoms with Gasteiger partial charge >= 0.3 is 0 Å². The quantitative estimate of drug-likeness (QED) is 0.422. The number of nitrogens with zero attached hydrogens (tertiary/aromatic N) is 3. The largest absolute Gasteiger partial charge is 0.359 e. The lowest BCUT2D eigenvalue weighted by molar-refractivity contribution is -0.120. The Morgan fingerprint density at radius 3 is 2.66 bits per heavy atom. The van der Waals surface area contributed by atoms with E-state index in [-0.39, 0.29) is 23.8 Å². The lowest BCUT2D eigenvalue weighted by atomic mass is 9.94. The van der Waals surface area contributed by atoms with Crippen molar-refractivity contribution in [1.82, 2.24) is 19.8 Å². The molecule has 4 rings (SSSR count). The number of anilines is 1. The van der Waals surface area contributed by atoms with Crippen molar-refractivity contribution in [2.75, 3.05) is 19.4 Å². The fraction of sp³-hybridized carbons (Fsp3) is 0.462. The van der Waals surface area contributed by atoms with Gasteiger partial charge in [0.05, 0.1) is 15.9 Å². The first-order valence-corrected chi connectivity index (χ1v) is 13.2. The van der Waals surface area contributed by atoms with E-state index in [1.807, 2.05) is 46.2 Å². The van der Waals surface area contributed by atoms with E-state index >= 15 is 0 Å². The molecule has 9 heteroatoms. The number of hydrogen-bond donors (Lipinski definition) is 2. The normalized spacial score (nSPS) is 14.1. The van der Waals surface area contributed by atoms with E-state index in [0.717, 1.165) is 31.2 Å². The van der Waals surface area contributed by atoms with Gasteiger partial charge in [0.25, 0.3) is 11.8 Å². The van der Waals surface area contributed by atoms with Crippen LogP contribution >= 0.6 is 11.3 Å². The summed E-state index contributed by atoms with van der Waals surface area (Å²) in [5.74, 6) is 0.249. The SMILES string of the molecule is CNC(=O)CCCCn1c(NC(=O)c2cccs2)nc2cc(C(=O)N(C)C3CCCCC3)ccc21. The lowest BCUT2D eigenvalue weighted by Gasteiger charge is -2.31. The van der Waals surface area contributed by atoms with Gasteiger partial charge in [-0.2, -0.15) is 0 Å². The molecule has 2 N–H and O–H groups in total. The maximum Gasteiger partial charge on any atom is 0.268 e. The van der Waals surface area contributed by atoms with E-state index in [0.29, 0.717) is 34.9 Å². The minimum Gasteiger partial charge on any atom is -0.359 e. The van der Waals surface area contributed by atoms with Gasteiger partial charge in [-0.15, -0.1) is 11.3 Å². The van der Waals surface area contributed by atoms with Gasteiger partial charge in [-0.05, 0) is 55.3 Å². The van der Waals surface area contributed by atoms with Gasteiger partial charge < -0.3 is 14.8 Å². The number of aromatic nitrogens is 2. The highest BCUT2D eigenvalue weighted by molar-refractivity contribution is 7.12. The molecule has 0 spiro atoms. The van der Waals surface area contributed by atoms with Crippen molar-refractivity contribution in [3.63, 3.8) is 0 Å². The molecule has 1 fully saturated rings. The number of hydrogen-bond acceptors (Lipinski definition) is 5. The number of unbranched alkanes of at least 4 members (excludes halogenated alkanes) is 1. The molecule has 0 unspecified atom stereocenters. The maximum absolute atomic E-state index is 13.2. The summed E-state index contributed by atoms with van der Waals surface area (Å²) in [4.78, 5) is 44.7. The number of carbonyl (C=O) groups excluding carboxylic acids is 3. The van der Waals surface area contributed by atoms with E-state index in [1.165, 1.54) is 30.6 Å². The molecule has 186 valence electrons. The average Bonchev–Trinajstić information content (AvgIpc) is 3.54. The third kappa shape index (κ3) is 5.90. The van der Waals surface area contributed by atoms with Crippen molar-refractivity contribution in [2.24, 2.45) is 0 Å². The molecule has 3 aromatic rings. The van der Waals surface area contributed by atoms with Gasteiger partial charge in [-0.25, -0.2) is 4.98 Å². The zero-order chi connectivity index (χ0) is 24.8. The van der Waals surface area contributed by atoms with E-state index in [4.69, 9.17) is 4.98 Å². The van der Waals surface area contributed by atoms with E-state index in [1.54, 1.807) is 13.1 Å². The Kier molecular flexibility index (Phi) is 8.17. The molecule has 0 radical (unpaired) electrons. The summed E-state index contributed by atoms with van der Waals surface area (Å²) in [5.41, 5.74) is 2.12. The van der Waals surface area contributed by atoms with Gasteiger partial charge in [0.15, 0.2) is 0 Å². The second-order valence-electron chi connectivity index (χ2n) is 9.06. The van der Waals surface area contributed by atoms with Crippen LogP contribution in [0, 0.1) is 0 Å². The Balaban J connectivity index is 1.57. The van der Waals surface area contributed by atoms with Crippen LogP contribution in [0.15, 0.2) is 35.7 Å². The molecule has 2 aromatic heterocycles. The zero-order valence-electron chi connectivity index (χ0n) is 20.4. The predicted octanol–water partition coefficient (Wildman–Crippen LogP) is 4.67. The molecule has 0 atom stereocenters. The van der Waals surface area contributed by atoms with Crippen LogP contribution in [-0.4, -0.2) is 52.3 Å². The molecule has 0 aliphatic heterocycles. The van der Waals surface area contributed by atoms with Crippen molar-refractivity contribution < 1.29 is 14.4 Å². The summed E-state index contributed by atoms with van der Waals surface area (Å²) in [7, 11) is 3.52. The molecule has 0 bridgehead atoms. The molecule has 3 amide bonds.